The van der Waals surface area contributed by atoms with Crippen LogP contribution in [0.15, 0.2) is 29.4 Å². The van der Waals surface area contributed by atoms with Crippen LogP contribution in [0.25, 0.3) is 0 Å². The van der Waals surface area contributed by atoms with Gasteiger partial charge >= 0.3 is 0 Å². The van der Waals surface area contributed by atoms with E-state index in [1.54, 1.807) is 13.0 Å². The first-order chi connectivity index (χ1) is 10.5. The van der Waals surface area contributed by atoms with Crippen molar-refractivity contribution in [2.45, 2.75) is 12.8 Å². The topological polar surface area (TPSA) is 132 Å². The van der Waals surface area contributed by atoms with E-state index < -0.39 is 28.6 Å². The number of hydrogen-bond acceptors (Lipinski definition) is 6. The van der Waals surface area contributed by atoms with Crippen LogP contribution in [0.5, 0.6) is 0 Å². The van der Waals surface area contributed by atoms with Crippen LogP contribution in [0.3, 0.4) is 0 Å². The zero-order valence-electron chi connectivity index (χ0n) is 11.6. The minimum Gasteiger partial charge on any atom is -0.272 e. The lowest BCUT2D eigenvalue weighted by Crippen LogP contribution is -2.32. The summed E-state index contributed by atoms with van der Waals surface area (Å²) in [6.45, 7) is 1.61. The summed E-state index contributed by atoms with van der Waals surface area (Å²) in [5.41, 5.74) is 2.97. The van der Waals surface area contributed by atoms with E-state index in [1.807, 2.05) is 12.1 Å². The molecule has 8 heteroatoms. The van der Waals surface area contributed by atoms with Crippen LogP contribution >= 0.6 is 0 Å². The molecule has 1 amide bonds. The first-order valence-electron chi connectivity index (χ1n) is 6.37. The van der Waals surface area contributed by atoms with Crippen LogP contribution in [0.2, 0.25) is 0 Å². The van der Waals surface area contributed by atoms with Crippen molar-refractivity contribution >= 4 is 17.3 Å². The van der Waals surface area contributed by atoms with E-state index >= 15 is 0 Å². The second-order valence-electron chi connectivity index (χ2n) is 4.82. The third kappa shape index (κ3) is 2.63. The third-order valence-corrected chi connectivity index (χ3v) is 3.54. The molecule has 110 valence electrons. The molecule has 0 bridgehead atoms. The Hall–Kier alpha value is -3.26. The average molecular weight is 297 g/mol. The maximum absolute atomic E-state index is 12.0. The Morgan fingerprint density at radius 1 is 1.41 bits per heavy atom. The molecule has 0 radical (unpaired) electrons. The molecular formula is C14H11N5O3. The van der Waals surface area contributed by atoms with E-state index in [-0.39, 0.29) is 5.69 Å². The summed E-state index contributed by atoms with van der Waals surface area (Å²) in [6.07, 6.45) is 0. The van der Waals surface area contributed by atoms with Gasteiger partial charge in [0.1, 0.15) is 5.92 Å². The van der Waals surface area contributed by atoms with Crippen molar-refractivity contribution in [3.8, 4) is 12.1 Å². The molecule has 2 rings (SSSR count). The average Bonchev–Trinajstić information content (AvgIpc) is 2.84. The Labute approximate surface area is 125 Å². The lowest BCUT2D eigenvalue weighted by atomic mass is 9.76. The molecule has 0 saturated heterocycles. The van der Waals surface area contributed by atoms with Gasteiger partial charge in [-0.15, -0.1) is 0 Å². The molecule has 0 spiro atoms. The number of nitro groups is 1. The van der Waals surface area contributed by atoms with Crippen molar-refractivity contribution in [1.29, 1.82) is 10.5 Å². The van der Waals surface area contributed by atoms with Crippen molar-refractivity contribution in [3.05, 3.63) is 39.9 Å². The van der Waals surface area contributed by atoms with Gasteiger partial charge in [0.25, 0.3) is 5.69 Å². The van der Waals surface area contributed by atoms with Crippen molar-refractivity contribution in [3.63, 3.8) is 0 Å². The van der Waals surface area contributed by atoms with Crippen molar-refractivity contribution in [2.75, 3.05) is 0 Å². The zero-order valence-corrected chi connectivity index (χ0v) is 11.6. The van der Waals surface area contributed by atoms with Gasteiger partial charge in [0.05, 0.1) is 23.0 Å². The summed E-state index contributed by atoms with van der Waals surface area (Å²) in [5.74, 6) is -3.17. The highest BCUT2D eigenvalue weighted by Crippen LogP contribution is 2.36. The van der Waals surface area contributed by atoms with Crippen LogP contribution in [0.4, 0.5) is 5.69 Å². The Morgan fingerprint density at radius 3 is 2.59 bits per heavy atom. The van der Waals surface area contributed by atoms with Crippen LogP contribution in [-0.4, -0.2) is 16.5 Å². The molecule has 22 heavy (non-hydrogen) atoms. The lowest BCUT2D eigenvalue weighted by molar-refractivity contribution is -0.384. The molecule has 1 aromatic carbocycles. The van der Waals surface area contributed by atoms with Gasteiger partial charge in [0.2, 0.25) is 5.91 Å². The molecule has 0 saturated carbocycles. The van der Waals surface area contributed by atoms with Crippen LogP contribution in [0, 0.1) is 44.6 Å². The molecule has 1 heterocycles. The van der Waals surface area contributed by atoms with Gasteiger partial charge in [-0.05, 0) is 12.5 Å². The summed E-state index contributed by atoms with van der Waals surface area (Å²) in [4.78, 5) is 22.3. The molecular weight excluding hydrogens is 286 g/mol. The Bertz CT molecular complexity index is 730. The van der Waals surface area contributed by atoms with Crippen LogP contribution in [-0.2, 0) is 4.79 Å². The van der Waals surface area contributed by atoms with Gasteiger partial charge in [-0.2, -0.15) is 15.6 Å². The fraction of sp³-hybridized carbons (Fsp3) is 0.286. The summed E-state index contributed by atoms with van der Waals surface area (Å²) in [6, 6.07) is 9.33. The molecule has 1 N–H and O–H groups in total. The normalized spacial score (nSPS) is 18.1. The summed E-state index contributed by atoms with van der Waals surface area (Å²) in [7, 11) is 0. The lowest BCUT2D eigenvalue weighted by Gasteiger charge is -2.22. The standard InChI is InChI=1S/C14H11N5O3/c1-8-12(14(20)18-17-8)13(10(6-15)7-16)9-3-2-4-11(5-9)19(21)22/h2-5,10,12-13H,1H3,(H,18,20). The molecule has 0 aliphatic carbocycles. The predicted octanol–water partition coefficient (Wildman–Crippen LogP) is 1.46. The van der Waals surface area contributed by atoms with Gasteiger partial charge < -0.3 is 0 Å². The first kappa shape index (κ1) is 15.1. The number of nitro benzene ring substituents is 1. The first-order valence-corrected chi connectivity index (χ1v) is 6.37. The smallest absolute Gasteiger partial charge is 0.269 e. The van der Waals surface area contributed by atoms with Gasteiger partial charge in [-0.3, -0.25) is 14.9 Å². The van der Waals surface area contributed by atoms with E-state index in [4.69, 9.17) is 0 Å². The number of carbonyl (C=O) groups is 1. The van der Waals surface area contributed by atoms with Gasteiger partial charge in [0, 0.05) is 23.8 Å². The van der Waals surface area contributed by atoms with E-state index in [2.05, 4.69) is 10.5 Å². The Kier molecular flexibility index (Phi) is 4.14. The van der Waals surface area contributed by atoms with Crippen LogP contribution in [0.1, 0.15) is 18.4 Å². The number of nitrogens with one attached hydrogen (secondary N) is 1. The Balaban J connectivity index is 2.55. The quantitative estimate of drug-likeness (QED) is 0.663. The van der Waals surface area contributed by atoms with E-state index in [0.717, 1.165) is 0 Å². The number of amides is 1. The SMILES string of the molecule is CC1=NNC(=O)C1C(c1cccc([N+](=O)[O-])c1)C(C#N)C#N. The number of benzene rings is 1. The predicted molar refractivity (Wildman–Crippen MR) is 75.3 cm³/mol. The number of non-ortho nitro benzene ring substituents is 1. The van der Waals surface area contributed by atoms with Crippen molar-refractivity contribution < 1.29 is 9.72 Å². The molecule has 1 aliphatic heterocycles. The van der Waals surface area contributed by atoms with Crippen LogP contribution < -0.4 is 5.43 Å². The fourth-order valence-corrected chi connectivity index (χ4v) is 2.51. The number of carbonyl (C=O) groups excluding carboxylic acids is 1. The monoisotopic (exact) mass is 297 g/mol. The second-order valence-corrected chi connectivity index (χ2v) is 4.82. The Morgan fingerprint density at radius 2 is 2.09 bits per heavy atom. The molecule has 0 aromatic heterocycles. The van der Waals surface area contributed by atoms with Crippen molar-refractivity contribution in [1.82, 2.24) is 5.43 Å². The molecule has 2 atom stereocenters. The molecule has 0 fully saturated rings. The molecule has 2 unspecified atom stereocenters. The van der Waals surface area contributed by atoms with E-state index in [1.165, 1.54) is 18.2 Å². The highest BCUT2D eigenvalue weighted by Gasteiger charge is 2.41. The van der Waals surface area contributed by atoms with Gasteiger partial charge in [0.15, 0.2) is 0 Å². The van der Waals surface area contributed by atoms with E-state index in [9.17, 15) is 25.4 Å². The van der Waals surface area contributed by atoms with E-state index in [0.29, 0.717) is 11.3 Å². The number of rotatable bonds is 4. The number of hydrogen-bond donors (Lipinski definition) is 1. The largest absolute Gasteiger partial charge is 0.272 e. The summed E-state index contributed by atoms with van der Waals surface area (Å²) in [5, 5.41) is 33.1. The number of nitrogens with zero attached hydrogens (tertiary/aromatic N) is 4. The molecule has 1 aromatic rings. The maximum Gasteiger partial charge on any atom is 0.269 e. The summed E-state index contributed by atoms with van der Waals surface area (Å²) < 4.78 is 0. The minimum absolute atomic E-state index is 0.162. The highest BCUT2D eigenvalue weighted by atomic mass is 16.6. The number of nitriles is 2. The van der Waals surface area contributed by atoms with Crippen molar-refractivity contribution in [2.24, 2.45) is 16.9 Å². The number of hydrazone groups is 1. The molecule has 1 aliphatic rings. The van der Waals surface area contributed by atoms with Gasteiger partial charge in [-0.25, -0.2) is 5.43 Å². The summed E-state index contributed by atoms with van der Waals surface area (Å²) >= 11 is 0. The third-order valence-electron chi connectivity index (χ3n) is 3.54. The van der Waals surface area contributed by atoms with Gasteiger partial charge in [-0.1, -0.05) is 12.1 Å². The minimum atomic E-state index is -1.12. The second kappa shape index (κ2) is 6.02. The fourth-order valence-electron chi connectivity index (χ4n) is 2.51. The molecule has 8 nitrogen and oxygen atoms in total. The highest BCUT2D eigenvalue weighted by molar-refractivity contribution is 6.07. The zero-order chi connectivity index (χ0) is 16.3. The maximum atomic E-state index is 12.0.